The van der Waals surface area contributed by atoms with Gasteiger partial charge in [0, 0.05) is 46.6 Å². The monoisotopic (exact) mass is 505 g/mol. The van der Waals surface area contributed by atoms with Gasteiger partial charge >= 0.3 is 0 Å². The van der Waals surface area contributed by atoms with Gasteiger partial charge in [0.1, 0.15) is 24.5 Å². The number of rotatable bonds is 2. The molecule has 2 heterocycles. The maximum Gasteiger partial charge on any atom is 0.257 e. The molecule has 1 fully saturated rings. The predicted molar refractivity (Wildman–Crippen MR) is 138 cm³/mol. The molecule has 0 saturated carbocycles. The fourth-order valence-corrected chi connectivity index (χ4v) is 5.14. The molecule has 37 heavy (non-hydrogen) atoms. The van der Waals surface area contributed by atoms with E-state index in [2.05, 4.69) is 6.07 Å². The highest BCUT2D eigenvalue weighted by Gasteiger charge is 2.33. The molecule has 8 nitrogen and oxygen atoms in total. The average molecular weight is 506 g/mol. The Morgan fingerprint density at radius 3 is 2.51 bits per heavy atom. The Bertz CT molecular complexity index is 1130. The highest BCUT2D eigenvalue weighted by molar-refractivity contribution is 5.97. The molecule has 2 aliphatic rings. The minimum Gasteiger partial charge on any atom is -0.489 e. The van der Waals surface area contributed by atoms with Crippen LogP contribution in [0, 0.1) is 11.3 Å². The molecule has 2 aromatic rings. The summed E-state index contributed by atoms with van der Waals surface area (Å²) in [7, 11) is 5.19. The second kappa shape index (κ2) is 12.2. The van der Waals surface area contributed by atoms with Gasteiger partial charge in [0.2, 0.25) is 5.91 Å². The summed E-state index contributed by atoms with van der Waals surface area (Å²) in [5.74, 6) is -0.174. The molecule has 196 valence electrons. The van der Waals surface area contributed by atoms with Crippen molar-refractivity contribution in [1.82, 2.24) is 9.80 Å². The molecule has 0 N–H and O–H groups in total. The number of nitrogens with zero attached hydrogens (tertiary/aromatic N) is 3. The van der Waals surface area contributed by atoms with E-state index >= 15 is 0 Å². The molecule has 2 aromatic carbocycles. The summed E-state index contributed by atoms with van der Waals surface area (Å²) in [5.41, 5.74) is 1.60. The van der Waals surface area contributed by atoms with Gasteiger partial charge in [-0.05, 0) is 37.0 Å². The molecular formula is C29H35N3O5. The molecule has 4 rings (SSSR count). The van der Waals surface area contributed by atoms with Gasteiger partial charge in [0.05, 0.1) is 23.3 Å². The highest BCUT2D eigenvalue weighted by atomic mass is 16.6. The number of likely N-dealkylation sites (N-methyl/N-ethyl adjacent to an activating group) is 1. The average Bonchev–Trinajstić information content (AvgIpc) is 2.93. The Balaban J connectivity index is 1.70. The number of methoxy groups -OCH3 is 1. The molecule has 8 heteroatoms. The predicted octanol–water partition coefficient (Wildman–Crippen LogP) is 3.61. The van der Waals surface area contributed by atoms with Crippen LogP contribution in [-0.2, 0) is 14.3 Å². The van der Waals surface area contributed by atoms with Crippen LogP contribution in [0.3, 0.4) is 0 Å². The lowest BCUT2D eigenvalue weighted by atomic mass is 9.94. The van der Waals surface area contributed by atoms with Gasteiger partial charge in [-0.1, -0.05) is 36.4 Å². The van der Waals surface area contributed by atoms with Gasteiger partial charge in [0.25, 0.3) is 5.91 Å². The van der Waals surface area contributed by atoms with Gasteiger partial charge in [-0.15, -0.1) is 0 Å². The van der Waals surface area contributed by atoms with Gasteiger partial charge in [-0.3, -0.25) is 9.59 Å². The Kier molecular flexibility index (Phi) is 8.80. The van der Waals surface area contributed by atoms with Crippen molar-refractivity contribution in [2.24, 2.45) is 0 Å². The van der Waals surface area contributed by atoms with Gasteiger partial charge in [-0.25, -0.2) is 0 Å². The van der Waals surface area contributed by atoms with E-state index in [1.54, 1.807) is 42.2 Å². The number of benzene rings is 2. The zero-order valence-corrected chi connectivity index (χ0v) is 21.8. The quantitative estimate of drug-likeness (QED) is 0.619. The van der Waals surface area contributed by atoms with Crippen LogP contribution in [0.4, 0.5) is 0 Å². The lowest BCUT2D eigenvalue weighted by molar-refractivity contribution is -0.145. The van der Waals surface area contributed by atoms with Crippen LogP contribution in [0.1, 0.15) is 53.1 Å². The summed E-state index contributed by atoms with van der Waals surface area (Å²) in [6.45, 7) is 1.07. The zero-order chi connectivity index (χ0) is 26.4. The van der Waals surface area contributed by atoms with Crippen LogP contribution in [0.5, 0.6) is 5.75 Å². The van der Waals surface area contributed by atoms with Crippen LogP contribution in [0.15, 0.2) is 48.5 Å². The fraction of sp³-hybridized carbons (Fsp3) is 0.483. The number of nitriles is 1. The first-order chi connectivity index (χ1) is 17.9. The minimum absolute atomic E-state index is 0.0272. The van der Waals surface area contributed by atoms with Crippen molar-refractivity contribution in [3.63, 3.8) is 0 Å². The Hall–Kier alpha value is -3.41. The van der Waals surface area contributed by atoms with E-state index in [0.29, 0.717) is 25.1 Å². The molecule has 1 saturated heterocycles. The maximum atomic E-state index is 13.6. The Labute approximate surface area is 218 Å². The van der Waals surface area contributed by atoms with Gasteiger partial charge < -0.3 is 24.0 Å². The standard InChI is InChI=1S/C29H35N3O5/c1-31-15-14-23-12-13-25(35-3)26(37-23)19-36-28-21(17-30)10-7-11-24(28)29(34)32(2)18-22(16-27(31)33)20-8-5-4-6-9-20/h4-11,22-23,25-26H,12-16,18-19H2,1-3H3/t22-,23+,25+,26+/m0/s1. The van der Waals surface area contributed by atoms with Crippen molar-refractivity contribution >= 4 is 11.8 Å². The first-order valence-corrected chi connectivity index (χ1v) is 12.8. The summed E-state index contributed by atoms with van der Waals surface area (Å²) < 4.78 is 18.1. The topological polar surface area (TPSA) is 92.1 Å². The lowest BCUT2D eigenvalue weighted by Crippen LogP contribution is -2.45. The second-order valence-corrected chi connectivity index (χ2v) is 9.85. The van der Waals surface area contributed by atoms with Crippen molar-refractivity contribution < 1.29 is 23.8 Å². The number of para-hydroxylation sites is 1. The van der Waals surface area contributed by atoms with E-state index in [-0.39, 0.29) is 60.4 Å². The van der Waals surface area contributed by atoms with Crippen LogP contribution in [0.2, 0.25) is 0 Å². The summed E-state index contributed by atoms with van der Waals surface area (Å²) in [6, 6.07) is 16.9. The van der Waals surface area contributed by atoms with Crippen LogP contribution >= 0.6 is 0 Å². The SMILES string of the molecule is CO[C@@H]1CC[C@@H]2CCN(C)C(=O)C[C@H](c3ccccc3)CN(C)C(=O)c3cccc(C#N)c3OC[C@H]1O2. The van der Waals surface area contributed by atoms with E-state index in [1.807, 2.05) is 37.4 Å². The van der Waals surface area contributed by atoms with Crippen molar-refractivity contribution in [1.29, 1.82) is 5.26 Å². The number of carbonyl (C=O) groups excluding carboxylic acids is 2. The highest BCUT2D eigenvalue weighted by Crippen LogP contribution is 2.30. The summed E-state index contributed by atoms with van der Waals surface area (Å²) in [6.07, 6.45) is 2.07. The third-order valence-corrected chi connectivity index (χ3v) is 7.36. The first kappa shape index (κ1) is 26.6. The molecule has 2 amide bonds. The molecule has 4 atom stereocenters. The van der Waals surface area contributed by atoms with Crippen molar-refractivity contribution in [2.75, 3.05) is 40.9 Å². The number of hydrogen-bond acceptors (Lipinski definition) is 6. The number of fused-ring (bicyclic) bond motifs is 3. The maximum absolute atomic E-state index is 13.6. The Morgan fingerprint density at radius 1 is 1.00 bits per heavy atom. The molecular weight excluding hydrogens is 470 g/mol. The molecule has 0 aliphatic carbocycles. The normalized spacial score (nSPS) is 25.7. The van der Waals surface area contributed by atoms with Gasteiger partial charge in [-0.2, -0.15) is 5.26 Å². The second-order valence-electron chi connectivity index (χ2n) is 9.85. The molecule has 0 radical (unpaired) electrons. The zero-order valence-electron chi connectivity index (χ0n) is 21.8. The summed E-state index contributed by atoms with van der Waals surface area (Å²) >= 11 is 0. The van der Waals surface area contributed by atoms with Crippen LogP contribution in [0.25, 0.3) is 0 Å². The molecule has 0 unspecified atom stereocenters. The summed E-state index contributed by atoms with van der Waals surface area (Å²) in [5, 5.41) is 9.75. The van der Waals surface area contributed by atoms with E-state index in [4.69, 9.17) is 14.2 Å². The third-order valence-electron chi connectivity index (χ3n) is 7.36. The van der Waals surface area contributed by atoms with E-state index in [1.165, 1.54) is 0 Å². The smallest absolute Gasteiger partial charge is 0.257 e. The molecule has 2 aliphatic heterocycles. The number of amides is 2. The van der Waals surface area contributed by atoms with Crippen molar-refractivity contribution in [2.45, 2.75) is 49.9 Å². The summed E-state index contributed by atoms with van der Waals surface area (Å²) in [4.78, 5) is 30.2. The van der Waals surface area contributed by atoms with E-state index < -0.39 is 0 Å². The third kappa shape index (κ3) is 6.30. The molecule has 2 bridgehead atoms. The van der Waals surface area contributed by atoms with Crippen LogP contribution in [-0.4, -0.2) is 80.8 Å². The molecule has 0 spiro atoms. The lowest BCUT2D eigenvalue weighted by Gasteiger charge is -2.36. The fourth-order valence-electron chi connectivity index (χ4n) is 5.14. The largest absolute Gasteiger partial charge is 0.489 e. The Morgan fingerprint density at radius 2 is 1.78 bits per heavy atom. The first-order valence-electron chi connectivity index (χ1n) is 12.8. The minimum atomic E-state index is -0.354. The number of carbonyl (C=O) groups is 2. The number of hydrogen-bond donors (Lipinski definition) is 0. The van der Waals surface area contributed by atoms with E-state index in [0.717, 1.165) is 18.4 Å². The number of ether oxygens (including phenoxy) is 3. The van der Waals surface area contributed by atoms with Gasteiger partial charge in [0.15, 0.2) is 0 Å². The van der Waals surface area contributed by atoms with E-state index in [9.17, 15) is 14.9 Å². The van der Waals surface area contributed by atoms with Crippen LogP contribution < -0.4 is 4.74 Å². The van der Waals surface area contributed by atoms with Crippen molar-refractivity contribution in [3.8, 4) is 11.8 Å². The van der Waals surface area contributed by atoms with Crippen molar-refractivity contribution in [3.05, 3.63) is 65.2 Å². The molecule has 0 aromatic heterocycles.